The molecule has 0 spiro atoms. The van der Waals surface area contributed by atoms with Gasteiger partial charge in [0, 0.05) is 11.8 Å². The Morgan fingerprint density at radius 2 is 1.81 bits per heavy atom. The van der Waals surface area contributed by atoms with Gasteiger partial charge in [0.15, 0.2) is 17.7 Å². The Morgan fingerprint density at radius 1 is 1.13 bits per heavy atom. The number of ether oxygens (including phenoxy) is 3. The van der Waals surface area contributed by atoms with Crippen molar-refractivity contribution in [1.29, 1.82) is 0 Å². The molecule has 9 nitrogen and oxygen atoms in total. The van der Waals surface area contributed by atoms with Crippen LogP contribution in [0.4, 0.5) is 10.5 Å². The number of aromatic carboxylic acids is 1. The van der Waals surface area contributed by atoms with E-state index in [0.29, 0.717) is 35.8 Å². The maximum atomic E-state index is 13.0. The van der Waals surface area contributed by atoms with Gasteiger partial charge in [0.05, 0.1) is 5.56 Å². The van der Waals surface area contributed by atoms with Crippen molar-refractivity contribution < 1.29 is 33.7 Å². The molecule has 0 aromatic heterocycles. The van der Waals surface area contributed by atoms with Crippen molar-refractivity contribution in [3.63, 3.8) is 0 Å². The van der Waals surface area contributed by atoms with E-state index >= 15 is 0 Å². The molecular weight excluding hydrogens is 404 g/mol. The molecule has 2 aliphatic rings. The van der Waals surface area contributed by atoms with Crippen LogP contribution in [0.15, 0.2) is 42.5 Å². The lowest BCUT2D eigenvalue weighted by Crippen LogP contribution is -2.73. The summed E-state index contributed by atoms with van der Waals surface area (Å²) in [6.45, 7) is 3.86. The molecule has 0 aliphatic carbocycles. The minimum Gasteiger partial charge on any atom is -0.478 e. The number of urea groups is 1. The topological polar surface area (TPSA) is 114 Å². The number of carbonyl (C=O) groups excluding carboxylic acids is 2. The van der Waals surface area contributed by atoms with E-state index in [-0.39, 0.29) is 18.3 Å². The van der Waals surface area contributed by atoms with E-state index in [1.807, 2.05) is 13.8 Å². The van der Waals surface area contributed by atoms with Crippen LogP contribution < -0.4 is 19.5 Å². The Kier molecular flexibility index (Phi) is 5.18. The summed E-state index contributed by atoms with van der Waals surface area (Å²) in [4.78, 5) is 38.0. The number of carboxylic acid groups (broad SMARTS) is 1. The molecule has 2 aliphatic heterocycles. The van der Waals surface area contributed by atoms with Gasteiger partial charge in [-0.1, -0.05) is 13.8 Å². The third kappa shape index (κ3) is 3.41. The van der Waals surface area contributed by atoms with Gasteiger partial charge in [0.25, 0.3) is 0 Å². The number of fused-ring (bicyclic) bond motifs is 1. The van der Waals surface area contributed by atoms with Crippen LogP contribution in [0.1, 0.15) is 37.0 Å². The molecule has 2 N–H and O–H groups in total. The van der Waals surface area contributed by atoms with Gasteiger partial charge in [-0.25, -0.2) is 14.5 Å². The molecule has 2 aromatic rings. The van der Waals surface area contributed by atoms with Crippen molar-refractivity contribution in [3.05, 3.63) is 48.0 Å². The van der Waals surface area contributed by atoms with Crippen molar-refractivity contribution >= 4 is 23.6 Å². The molecule has 2 aromatic carbocycles. The van der Waals surface area contributed by atoms with E-state index in [2.05, 4.69) is 5.32 Å². The summed E-state index contributed by atoms with van der Waals surface area (Å²) < 4.78 is 16.6. The van der Waals surface area contributed by atoms with Crippen molar-refractivity contribution in [1.82, 2.24) is 4.90 Å². The number of nitrogens with one attached hydrogen (secondary N) is 1. The summed E-state index contributed by atoms with van der Waals surface area (Å²) >= 11 is 0. The molecule has 0 radical (unpaired) electrons. The Labute approximate surface area is 178 Å². The van der Waals surface area contributed by atoms with E-state index in [9.17, 15) is 14.4 Å². The van der Waals surface area contributed by atoms with Crippen molar-refractivity contribution in [3.8, 4) is 17.2 Å². The summed E-state index contributed by atoms with van der Waals surface area (Å²) in [5, 5.41) is 11.8. The maximum Gasteiger partial charge on any atom is 0.335 e. The van der Waals surface area contributed by atoms with Gasteiger partial charge >= 0.3 is 12.0 Å². The van der Waals surface area contributed by atoms with Crippen molar-refractivity contribution in [2.75, 3.05) is 12.1 Å². The quantitative estimate of drug-likeness (QED) is 0.677. The highest BCUT2D eigenvalue weighted by Gasteiger charge is 2.63. The van der Waals surface area contributed by atoms with Crippen LogP contribution in [-0.2, 0) is 4.79 Å². The zero-order valence-electron chi connectivity index (χ0n) is 17.1. The summed E-state index contributed by atoms with van der Waals surface area (Å²) in [6.07, 6.45) is 0.168. The van der Waals surface area contributed by atoms with Gasteiger partial charge < -0.3 is 24.6 Å². The Morgan fingerprint density at radius 3 is 2.45 bits per heavy atom. The molecule has 1 unspecified atom stereocenters. The molecule has 4 rings (SSSR count). The molecule has 1 atom stereocenters. The third-order valence-electron chi connectivity index (χ3n) is 5.81. The second kappa shape index (κ2) is 7.82. The Bertz CT molecular complexity index is 1030. The van der Waals surface area contributed by atoms with Crippen molar-refractivity contribution in [2.24, 2.45) is 5.41 Å². The van der Waals surface area contributed by atoms with E-state index in [1.165, 1.54) is 24.3 Å². The van der Waals surface area contributed by atoms with Gasteiger partial charge in [-0.2, -0.15) is 0 Å². The van der Waals surface area contributed by atoms with Crippen LogP contribution in [0.2, 0.25) is 0 Å². The summed E-state index contributed by atoms with van der Waals surface area (Å²) in [5.74, 6) is 0.0969. The predicted octanol–water partition coefficient (Wildman–Crippen LogP) is 3.70. The van der Waals surface area contributed by atoms with Gasteiger partial charge in [-0.05, 0) is 49.2 Å². The average molecular weight is 426 g/mol. The molecule has 3 amide bonds. The highest BCUT2D eigenvalue weighted by Crippen LogP contribution is 2.46. The number of β-lactam (4-membered cyclic amide) rings is 1. The Hall–Kier alpha value is -3.75. The zero-order chi connectivity index (χ0) is 22.2. The van der Waals surface area contributed by atoms with E-state index < -0.39 is 23.6 Å². The number of carbonyl (C=O) groups is 3. The number of hydrogen-bond donors (Lipinski definition) is 2. The summed E-state index contributed by atoms with van der Waals surface area (Å²) in [6, 6.07) is 10.2. The van der Waals surface area contributed by atoms with E-state index in [4.69, 9.17) is 19.3 Å². The number of benzene rings is 2. The molecule has 9 heteroatoms. The van der Waals surface area contributed by atoms with Crippen LogP contribution >= 0.6 is 0 Å². The van der Waals surface area contributed by atoms with Gasteiger partial charge in [-0.15, -0.1) is 0 Å². The number of amides is 3. The first-order valence-corrected chi connectivity index (χ1v) is 9.94. The molecule has 2 heterocycles. The monoisotopic (exact) mass is 426 g/mol. The normalized spacial score (nSPS) is 18.3. The smallest absolute Gasteiger partial charge is 0.335 e. The molecule has 162 valence electrons. The van der Waals surface area contributed by atoms with Gasteiger partial charge in [0.1, 0.15) is 11.2 Å². The predicted molar refractivity (Wildman–Crippen MR) is 109 cm³/mol. The third-order valence-corrected chi connectivity index (χ3v) is 5.81. The van der Waals surface area contributed by atoms with Crippen LogP contribution in [0.25, 0.3) is 0 Å². The van der Waals surface area contributed by atoms with Crippen LogP contribution in [0.5, 0.6) is 17.2 Å². The molecule has 31 heavy (non-hydrogen) atoms. The fourth-order valence-corrected chi connectivity index (χ4v) is 3.86. The maximum absolute atomic E-state index is 13.0. The first-order valence-electron chi connectivity index (χ1n) is 9.94. The van der Waals surface area contributed by atoms with Crippen LogP contribution in [0.3, 0.4) is 0 Å². The van der Waals surface area contributed by atoms with Gasteiger partial charge in [0.2, 0.25) is 12.7 Å². The molecule has 0 bridgehead atoms. The standard InChI is InChI=1S/C22H22N2O7/c1-3-22(4-2)19(27)24(20(22)31-15-8-5-13(6-9-15)18(25)26)21(28)23-14-7-10-16-17(11-14)30-12-29-16/h5-11,20H,3-4,12H2,1-2H3,(H,23,28)(H,25,26). The second-order valence-electron chi connectivity index (χ2n) is 7.34. The fraction of sp³-hybridized carbons (Fsp3) is 0.318. The number of anilines is 1. The molecular formula is C22H22N2O7. The first-order chi connectivity index (χ1) is 14.9. The fourth-order valence-electron chi connectivity index (χ4n) is 3.86. The second-order valence-corrected chi connectivity index (χ2v) is 7.34. The highest BCUT2D eigenvalue weighted by molar-refractivity contribution is 6.08. The van der Waals surface area contributed by atoms with E-state index in [0.717, 1.165) is 4.90 Å². The lowest BCUT2D eigenvalue weighted by atomic mass is 9.72. The average Bonchev–Trinajstić information content (AvgIpc) is 3.23. The SMILES string of the molecule is CCC1(CC)C(=O)N(C(=O)Nc2ccc3c(c2)OCO3)C1Oc1ccc(C(=O)O)cc1. The molecule has 1 fully saturated rings. The number of nitrogens with zero attached hydrogens (tertiary/aromatic N) is 1. The van der Waals surface area contributed by atoms with E-state index in [1.54, 1.807) is 18.2 Å². The number of imide groups is 1. The number of likely N-dealkylation sites (tertiary alicyclic amines) is 1. The highest BCUT2D eigenvalue weighted by atomic mass is 16.7. The first kappa shape index (κ1) is 20.5. The van der Waals surface area contributed by atoms with Crippen molar-refractivity contribution in [2.45, 2.75) is 32.9 Å². The molecule has 1 saturated heterocycles. The zero-order valence-corrected chi connectivity index (χ0v) is 17.1. The lowest BCUT2D eigenvalue weighted by Gasteiger charge is -2.53. The van der Waals surface area contributed by atoms with Crippen LogP contribution in [0, 0.1) is 5.41 Å². The van der Waals surface area contributed by atoms with Gasteiger partial charge in [-0.3, -0.25) is 4.79 Å². The largest absolute Gasteiger partial charge is 0.478 e. The Balaban J connectivity index is 1.55. The lowest BCUT2D eigenvalue weighted by molar-refractivity contribution is -0.190. The molecule has 0 saturated carbocycles. The summed E-state index contributed by atoms with van der Waals surface area (Å²) in [7, 11) is 0. The summed E-state index contributed by atoms with van der Waals surface area (Å²) in [5.41, 5.74) is -0.263. The number of carboxylic acids is 1. The minimum atomic E-state index is -1.05. The minimum absolute atomic E-state index is 0.115. The van der Waals surface area contributed by atoms with Crippen LogP contribution in [-0.4, -0.2) is 40.9 Å². The number of hydrogen-bond acceptors (Lipinski definition) is 6. The number of rotatable bonds is 6.